The third-order valence-electron chi connectivity index (χ3n) is 1.47. The van der Waals surface area contributed by atoms with Crippen LogP contribution in [0.1, 0.15) is 0 Å². The van der Waals surface area contributed by atoms with E-state index in [1.54, 1.807) is 7.11 Å². The van der Waals surface area contributed by atoms with Crippen molar-refractivity contribution in [3.63, 3.8) is 0 Å². The maximum atomic E-state index is 9.12. The van der Waals surface area contributed by atoms with Gasteiger partial charge in [-0.15, -0.1) is 0 Å². The quantitative estimate of drug-likeness (QED) is 0.519. The Bertz CT molecular complexity index is 90.5. The lowest BCUT2D eigenvalue weighted by molar-refractivity contribution is 0.108. The number of ether oxygens (including phenoxy) is 1. The molecule has 4 nitrogen and oxygen atoms in total. The Morgan fingerprint density at radius 1 is 1.64 bits per heavy atom. The summed E-state index contributed by atoms with van der Waals surface area (Å²) in [4.78, 5) is 1.99. The molecule has 0 amide bonds. The fourth-order valence-electron chi connectivity index (χ4n) is 0.773. The highest BCUT2D eigenvalue weighted by Crippen LogP contribution is 1.86. The number of methoxy groups -OCH3 is 1. The van der Waals surface area contributed by atoms with Gasteiger partial charge in [0.1, 0.15) is 0 Å². The standard InChI is InChI=1S/C7H18N2O2/c1-9(3-4-11-2)6-7(10)5-8/h7,10H,3-6,8H2,1-2H3. The fraction of sp³-hybridized carbons (Fsp3) is 1.00. The fourth-order valence-corrected chi connectivity index (χ4v) is 0.773. The molecule has 0 fully saturated rings. The average Bonchev–Trinajstić information content (AvgIpc) is 2.00. The molecule has 0 aromatic rings. The molecular weight excluding hydrogens is 144 g/mol. The Labute approximate surface area is 67.9 Å². The summed E-state index contributed by atoms with van der Waals surface area (Å²) in [6.45, 7) is 2.44. The van der Waals surface area contributed by atoms with Crippen LogP contribution in [-0.4, -0.2) is 56.5 Å². The Morgan fingerprint density at radius 3 is 2.73 bits per heavy atom. The molecule has 0 rings (SSSR count). The largest absolute Gasteiger partial charge is 0.390 e. The van der Waals surface area contributed by atoms with Gasteiger partial charge in [-0.1, -0.05) is 0 Å². The lowest BCUT2D eigenvalue weighted by Crippen LogP contribution is -2.35. The van der Waals surface area contributed by atoms with E-state index in [1.165, 1.54) is 0 Å². The molecule has 0 saturated carbocycles. The second-order valence-corrected chi connectivity index (χ2v) is 2.64. The number of nitrogens with two attached hydrogens (primary N) is 1. The third kappa shape index (κ3) is 6.25. The topological polar surface area (TPSA) is 58.7 Å². The van der Waals surface area contributed by atoms with Crippen LogP contribution in [0.15, 0.2) is 0 Å². The first-order chi connectivity index (χ1) is 5.20. The SMILES string of the molecule is COCCN(C)CC(O)CN. The first kappa shape index (κ1) is 10.8. The van der Waals surface area contributed by atoms with Crippen LogP contribution in [0.5, 0.6) is 0 Å². The number of hydrogen-bond donors (Lipinski definition) is 2. The van der Waals surface area contributed by atoms with Crippen LogP contribution in [0, 0.1) is 0 Å². The van der Waals surface area contributed by atoms with Gasteiger partial charge in [0, 0.05) is 26.7 Å². The monoisotopic (exact) mass is 162 g/mol. The van der Waals surface area contributed by atoms with Gasteiger partial charge in [-0.25, -0.2) is 0 Å². The minimum atomic E-state index is -0.420. The lowest BCUT2D eigenvalue weighted by atomic mass is 10.3. The molecule has 1 unspecified atom stereocenters. The Balaban J connectivity index is 3.27. The van der Waals surface area contributed by atoms with Crippen molar-refractivity contribution in [3.05, 3.63) is 0 Å². The number of aliphatic hydroxyl groups excluding tert-OH is 1. The Morgan fingerprint density at radius 2 is 2.27 bits per heavy atom. The van der Waals surface area contributed by atoms with Crippen molar-refractivity contribution >= 4 is 0 Å². The highest BCUT2D eigenvalue weighted by Gasteiger charge is 2.04. The first-order valence-corrected chi connectivity index (χ1v) is 3.76. The zero-order chi connectivity index (χ0) is 8.69. The molecule has 0 heterocycles. The highest BCUT2D eigenvalue weighted by molar-refractivity contribution is 4.60. The van der Waals surface area contributed by atoms with Gasteiger partial charge in [-0.3, -0.25) is 0 Å². The molecule has 4 heteroatoms. The molecule has 0 radical (unpaired) electrons. The van der Waals surface area contributed by atoms with Crippen LogP contribution in [0.3, 0.4) is 0 Å². The molecule has 0 aliphatic carbocycles. The van der Waals surface area contributed by atoms with E-state index in [0.717, 1.165) is 6.54 Å². The second-order valence-electron chi connectivity index (χ2n) is 2.64. The third-order valence-corrected chi connectivity index (χ3v) is 1.47. The Kier molecular flexibility index (Phi) is 6.45. The summed E-state index contributed by atoms with van der Waals surface area (Å²) in [5.74, 6) is 0. The molecule has 0 bridgehead atoms. The van der Waals surface area contributed by atoms with Crippen molar-refractivity contribution in [2.45, 2.75) is 6.10 Å². The van der Waals surface area contributed by atoms with Crippen molar-refractivity contribution in [3.8, 4) is 0 Å². The molecule has 0 aliphatic heterocycles. The maximum Gasteiger partial charge on any atom is 0.0789 e. The van der Waals surface area contributed by atoms with E-state index in [1.807, 2.05) is 11.9 Å². The summed E-state index contributed by atoms with van der Waals surface area (Å²) < 4.78 is 4.87. The summed E-state index contributed by atoms with van der Waals surface area (Å²) in [6, 6.07) is 0. The van der Waals surface area contributed by atoms with Crippen molar-refractivity contribution in [1.82, 2.24) is 4.90 Å². The van der Waals surface area contributed by atoms with Crippen molar-refractivity contribution in [2.75, 3.05) is 40.4 Å². The van der Waals surface area contributed by atoms with E-state index in [0.29, 0.717) is 19.7 Å². The van der Waals surface area contributed by atoms with Gasteiger partial charge in [0.05, 0.1) is 12.7 Å². The van der Waals surface area contributed by atoms with Crippen LogP contribution in [0.4, 0.5) is 0 Å². The molecule has 11 heavy (non-hydrogen) atoms. The van der Waals surface area contributed by atoms with Crippen LogP contribution in [0.2, 0.25) is 0 Å². The van der Waals surface area contributed by atoms with E-state index < -0.39 is 6.10 Å². The summed E-state index contributed by atoms with van der Waals surface area (Å²) in [6.07, 6.45) is -0.420. The maximum absolute atomic E-state index is 9.12. The highest BCUT2D eigenvalue weighted by atomic mass is 16.5. The lowest BCUT2D eigenvalue weighted by Gasteiger charge is -2.18. The summed E-state index contributed by atoms with van der Waals surface area (Å²) in [5, 5.41) is 9.12. The molecule has 0 spiro atoms. The van der Waals surface area contributed by atoms with Crippen molar-refractivity contribution < 1.29 is 9.84 Å². The van der Waals surface area contributed by atoms with E-state index in [9.17, 15) is 0 Å². The van der Waals surface area contributed by atoms with Gasteiger partial charge < -0.3 is 20.5 Å². The Hall–Kier alpha value is -0.160. The average molecular weight is 162 g/mol. The number of hydrogen-bond acceptors (Lipinski definition) is 4. The molecule has 3 N–H and O–H groups in total. The predicted octanol–water partition coefficient (Wildman–Crippen LogP) is -1.12. The van der Waals surface area contributed by atoms with Gasteiger partial charge in [-0.2, -0.15) is 0 Å². The molecule has 0 aliphatic rings. The van der Waals surface area contributed by atoms with E-state index in [2.05, 4.69) is 0 Å². The van der Waals surface area contributed by atoms with Crippen molar-refractivity contribution in [2.24, 2.45) is 5.73 Å². The smallest absolute Gasteiger partial charge is 0.0789 e. The number of likely N-dealkylation sites (N-methyl/N-ethyl adjacent to an activating group) is 1. The van der Waals surface area contributed by atoms with Gasteiger partial charge >= 0.3 is 0 Å². The van der Waals surface area contributed by atoms with Crippen LogP contribution >= 0.6 is 0 Å². The van der Waals surface area contributed by atoms with E-state index >= 15 is 0 Å². The van der Waals surface area contributed by atoms with Gasteiger partial charge in [0.25, 0.3) is 0 Å². The number of nitrogens with zero attached hydrogens (tertiary/aromatic N) is 1. The molecule has 0 saturated heterocycles. The zero-order valence-electron chi connectivity index (χ0n) is 7.29. The number of aliphatic hydroxyl groups is 1. The van der Waals surface area contributed by atoms with E-state index in [-0.39, 0.29) is 0 Å². The van der Waals surface area contributed by atoms with E-state index in [4.69, 9.17) is 15.6 Å². The molecule has 0 aromatic heterocycles. The number of rotatable bonds is 6. The molecule has 68 valence electrons. The molecular formula is C7H18N2O2. The molecule has 1 atom stereocenters. The second kappa shape index (κ2) is 6.54. The zero-order valence-corrected chi connectivity index (χ0v) is 7.29. The van der Waals surface area contributed by atoms with Crippen LogP contribution in [0.25, 0.3) is 0 Å². The van der Waals surface area contributed by atoms with Crippen LogP contribution < -0.4 is 5.73 Å². The first-order valence-electron chi connectivity index (χ1n) is 3.76. The van der Waals surface area contributed by atoms with Gasteiger partial charge in [0.15, 0.2) is 0 Å². The van der Waals surface area contributed by atoms with Gasteiger partial charge in [0.2, 0.25) is 0 Å². The summed E-state index contributed by atoms with van der Waals surface area (Å²) >= 11 is 0. The molecule has 0 aromatic carbocycles. The van der Waals surface area contributed by atoms with Crippen molar-refractivity contribution in [1.29, 1.82) is 0 Å². The van der Waals surface area contributed by atoms with Crippen LogP contribution in [-0.2, 0) is 4.74 Å². The predicted molar refractivity (Wildman–Crippen MR) is 44.4 cm³/mol. The van der Waals surface area contributed by atoms with Gasteiger partial charge in [-0.05, 0) is 7.05 Å². The summed E-state index contributed by atoms with van der Waals surface area (Å²) in [5.41, 5.74) is 5.24. The minimum absolute atomic E-state index is 0.317. The summed E-state index contributed by atoms with van der Waals surface area (Å²) in [7, 11) is 3.59. The normalized spacial score (nSPS) is 13.9. The minimum Gasteiger partial charge on any atom is -0.390 e.